The Labute approximate surface area is 153 Å². The number of amides is 2. The number of primary amides is 1. The van der Waals surface area contributed by atoms with Crippen molar-refractivity contribution in [1.82, 2.24) is 0 Å². The van der Waals surface area contributed by atoms with Gasteiger partial charge in [0.1, 0.15) is 5.75 Å². The zero-order chi connectivity index (χ0) is 18.5. The summed E-state index contributed by atoms with van der Waals surface area (Å²) in [5, 5.41) is 0. The Kier molecular flexibility index (Phi) is 5.41. The largest absolute Gasteiger partial charge is 0.497 e. The van der Waals surface area contributed by atoms with Crippen molar-refractivity contribution in [2.75, 3.05) is 36.5 Å². The van der Waals surface area contributed by atoms with Crippen LogP contribution in [0.1, 0.15) is 12.0 Å². The number of anilines is 2. The molecule has 0 saturated heterocycles. The number of ether oxygens (including phenoxy) is 1. The van der Waals surface area contributed by atoms with Crippen LogP contribution in [-0.2, 0) is 16.0 Å². The number of methoxy groups -OCH3 is 1. The molecule has 0 bridgehead atoms. The summed E-state index contributed by atoms with van der Waals surface area (Å²) in [6, 6.07) is 15.4. The molecular weight excluding hydrogens is 330 g/mol. The monoisotopic (exact) mass is 353 g/mol. The Morgan fingerprint density at radius 3 is 2.58 bits per heavy atom. The van der Waals surface area contributed by atoms with Gasteiger partial charge in [-0.1, -0.05) is 18.2 Å². The first kappa shape index (κ1) is 17.8. The fourth-order valence-corrected chi connectivity index (χ4v) is 3.18. The first-order valence-corrected chi connectivity index (χ1v) is 8.64. The molecule has 2 amide bonds. The van der Waals surface area contributed by atoms with Gasteiger partial charge in [-0.05, 0) is 42.3 Å². The number of fused-ring (bicyclic) bond motifs is 1. The normalized spacial score (nSPS) is 12.6. The van der Waals surface area contributed by atoms with Gasteiger partial charge in [-0.25, -0.2) is 0 Å². The molecule has 0 aliphatic carbocycles. The van der Waals surface area contributed by atoms with Crippen molar-refractivity contribution in [3.05, 3.63) is 54.1 Å². The highest BCUT2D eigenvalue weighted by Crippen LogP contribution is 2.28. The number of hydrogen-bond acceptors (Lipinski definition) is 4. The second-order valence-corrected chi connectivity index (χ2v) is 6.26. The smallest absolute Gasteiger partial charge is 0.246 e. The Bertz CT molecular complexity index is 789. The SMILES string of the molecule is COc1ccc(N(CCC(N)=O)CC(=O)N2CCc3ccccc32)cc1. The third kappa shape index (κ3) is 3.96. The molecule has 1 aliphatic heterocycles. The predicted octanol–water partition coefficient (Wildman–Crippen LogP) is 1.97. The van der Waals surface area contributed by atoms with Crippen molar-refractivity contribution in [3.8, 4) is 5.75 Å². The van der Waals surface area contributed by atoms with E-state index in [0.717, 1.165) is 23.5 Å². The van der Waals surface area contributed by atoms with E-state index in [-0.39, 0.29) is 24.8 Å². The lowest BCUT2D eigenvalue weighted by molar-refractivity contribution is -0.119. The van der Waals surface area contributed by atoms with Crippen LogP contribution in [0.15, 0.2) is 48.5 Å². The minimum absolute atomic E-state index is 0.00948. The zero-order valence-corrected chi connectivity index (χ0v) is 14.9. The second kappa shape index (κ2) is 7.91. The molecule has 136 valence electrons. The summed E-state index contributed by atoms with van der Waals surface area (Å²) in [4.78, 5) is 27.8. The van der Waals surface area contributed by atoms with Crippen LogP contribution in [0.2, 0.25) is 0 Å². The van der Waals surface area contributed by atoms with E-state index in [1.54, 1.807) is 7.11 Å². The highest BCUT2D eigenvalue weighted by Gasteiger charge is 2.25. The van der Waals surface area contributed by atoms with Gasteiger partial charge in [-0.15, -0.1) is 0 Å². The van der Waals surface area contributed by atoms with Crippen molar-refractivity contribution in [3.63, 3.8) is 0 Å². The highest BCUT2D eigenvalue weighted by atomic mass is 16.5. The van der Waals surface area contributed by atoms with Gasteiger partial charge in [0.05, 0.1) is 13.7 Å². The van der Waals surface area contributed by atoms with Gasteiger partial charge < -0.3 is 20.3 Å². The second-order valence-electron chi connectivity index (χ2n) is 6.26. The average molecular weight is 353 g/mol. The van der Waals surface area contributed by atoms with E-state index in [9.17, 15) is 9.59 Å². The molecule has 0 spiro atoms. The van der Waals surface area contributed by atoms with Crippen LogP contribution in [0.5, 0.6) is 5.75 Å². The number of nitrogens with two attached hydrogens (primary N) is 1. The molecule has 0 atom stereocenters. The van der Waals surface area contributed by atoms with Crippen LogP contribution in [-0.4, -0.2) is 38.6 Å². The maximum Gasteiger partial charge on any atom is 0.246 e. The molecule has 2 N–H and O–H groups in total. The molecule has 0 fully saturated rings. The van der Waals surface area contributed by atoms with Gasteiger partial charge in [-0.3, -0.25) is 9.59 Å². The first-order chi connectivity index (χ1) is 12.6. The summed E-state index contributed by atoms with van der Waals surface area (Å²) in [5.41, 5.74) is 8.32. The topological polar surface area (TPSA) is 75.9 Å². The standard InChI is InChI=1S/C20H23N3O3/c1-26-17-8-6-16(7-9-17)22(12-11-19(21)24)14-20(25)23-13-10-15-4-2-3-5-18(15)23/h2-9H,10-14H2,1H3,(H2,21,24). The molecule has 2 aromatic rings. The van der Waals surface area contributed by atoms with E-state index < -0.39 is 0 Å². The van der Waals surface area contributed by atoms with Gasteiger partial charge >= 0.3 is 0 Å². The summed E-state index contributed by atoms with van der Waals surface area (Å²) < 4.78 is 5.18. The van der Waals surface area contributed by atoms with Gasteiger partial charge in [0.2, 0.25) is 11.8 Å². The van der Waals surface area contributed by atoms with E-state index >= 15 is 0 Å². The van der Waals surface area contributed by atoms with Crippen LogP contribution >= 0.6 is 0 Å². The molecule has 2 aromatic carbocycles. The molecule has 3 rings (SSSR count). The molecule has 0 radical (unpaired) electrons. The van der Waals surface area contributed by atoms with E-state index in [0.29, 0.717) is 13.1 Å². The van der Waals surface area contributed by atoms with Crippen LogP contribution < -0.4 is 20.3 Å². The number of carbonyl (C=O) groups is 2. The van der Waals surface area contributed by atoms with E-state index in [1.165, 1.54) is 5.56 Å². The van der Waals surface area contributed by atoms with E-state index in [4.69, 9.17) is 10.5 Å². The Hall–Kier alpha value is -3.02. The lowest BCUT2D eigenvalue weighted by Gasteiger charge is -2.27. The number of rotatable bonds is 7. The third-order valence-electron chi connectivity index (χ3n) is 4.58. The Balaban J connectivity index is 1.76. The van der Waals surface area contributed by atoms with Crippen molar-refractivity contribution in [1.29, 1.82) is 0 Å². The summed E-state index contributed by atoms with van der Waals surface area (Å²) in [5.74, 6) is 0.362. The minimum Gasteiger partial charge on any atom is -0.497 e. The minimum atomic E-state index is -0.387. The lowest BCUT2D eigenvalue weighted by Crippen LogP contribution is -2.41. The van der Waals surface area contributed by atoms with Gasteiger partial charge in [0, 0.05) is 30.9 Å². The fourth-order valence-electron chi connectivity index (χ4n) is 3.18. The summed E-state index contributed by atoms with van der Waals surface area (Å²) in [6.07, 6.45) is 1.06. The predicted molar refractivity (Wildman–Crippen MR) is 102 cm³/mol. The summed E-state index contributed by atoms with van der Waals surface area (Å²) in [6.45, 7) is 1.27. The van der Waals surface area contributed by atoms with Crippen molar-refractivity contribution < 1.29 is 14.3 Å². The molecule has 0 aromatic heterocycles. The van der Waals surface area contributed by atoms with Crippen molar-refractivity contribution >= 4 is 23.2 Å². The number of para-hydroxylation sites is 1. The lowest BCUT2D eigenvalue weighted by atomic mass is 10.2. The molecule has 6 heteroatoms. The van der Waals surface area contributed by atoms with Gasteiger partial charge in [0.25, 0.3) is 0 Å². The molecule has 6 nitrogen and oxygen atoms in total. The molecule has 1 heterocycles. The van der Waals surface area contributed by atoms with Crippen molar-refractivity contribution in [2.45, 2.75) is 12.8 Å². The summed E-state index contributed by atoms with van der Waals surface area (Å²) >= 11 is 0. The Morgan fingerprint density at radius 1 is 1.15 bits per heavy atom. The summed E-state index contributed by atoms with van der Waals surface area (Å²) in [7, 11) is 1.61. The molecule has 26 heavy (non-hydrogen) atoms. The molecule has 1 aliphatic rings. The van der Waals surface area contributed by atoms with Gasteiger partial charge in [0.15, 0.2) is 0 Å². The maximum absolute atomic E-state index is 12.9. The highest BCUT2D eigenvalue weighted by molar-refractivity contribution is 5.98. The molecule has 0 saturated carbocycles. The first-order valence-electron chi connectivity index (χ1n) is 8.64. The number of hydrogen-bond donors (Lipinski definition) is 1. The number of nitrogens with zero attached hydrogens (tertiary/aromatic N) is 2. The third-order valence-corrected chi connectivity index (χ3v) is 4.58. The van der Waals surface area contributed by atoms with Crippen LogP contribution in [0.4, 0.5) is 11.4 Å². The molecule has 0 unspecified atom stereocenters. The zero-order valence-electron chi connectivity index (χ0n) is 14.9. The quantitative estimate of drug-likeness (QED) is 0.826. The average Bonchev–Trinajstić information content (AvgIpc) is 3.09. The number of carbonyl (C=O) groups excluding carboxylic acids is 2. The van der Waals surface area contributed by atoms with Crippen LogP contribution in [0, 0.1) is 0 Å². The van der Waals surface area contributed by atoms with E-state index in [1.807, 2.05) is 52.3 Å². The Morgan fingerprint density at radius 2 is 1.88 bits per heavy atom. The number of benzene rings is 2. The van der Waals surface area contributed by atoms with E-state index in [2.05, 4.69) is 6.07 Å². The maximum atomic E-state index is 12.9. The van der Waals surface area contributed by atoms with Crippen molar-refractivity contribution in [2.24, 2.45) is 5.73 Å². The van der Waals surface area contributed by atoms with Crippen LogP contribution in [0.3, 0.4) is 0 Å². The van der Waals surface area contributed by atoms with Gasteiger partial charge in [-0.2, -0.15) is 0 Å². The molecular formula is C20H23N3O3. The fraction of sp³-hybridized carbons (Fsp3) is 0.300. The van der Waals surface area contributed by atoms with Crippen LogP contribution in [0.25, 0.3) is 0 Å².